The van der Waals surface area contributed by atoms with Crippen molar-refractivity contribution in [2.45, 2.75) is 45.7 Å². The molecule has 1 aromatic carbocycles. The standard InChI is InChI=1S/C14H20ClN3/c1-4-10(16)8-13-17-12-7-5-6-11(15)14(12)18(13)9(2)3/h5-7,9-10H,4,8,16H2,1-3H3. The maximum atomic E-state index is 6.30. The third-order valence-electron chi connectivity index (χ3n) is 3.22. The van der Waals surface area contributed by atoms with E-state index in [1.165, 1.54) is 0 Å². The first kappa shape index (κ1) is 13.4. The van der Waals surface area contributed by atoms with Gasteiger partial charge >= 0.3 is 0 Å². The molecule has 1 atom stereocenters. The highest BCUT2D eigenvalue weighted by Crippen LogP contribution is 2.28. The molecule has 98 valence electrons. The molecule has 1 unspecified atom stereocenters. The van der Waals surface area contributed by atoms with Gasteiger partial charge in [0.15, 0.2) is 0 Å². The maximum Gasteiger partial charge on any atom is 0.111 e. The van der Waals surface area contributed by atoms with Gasteiger partial charge in [0, 0.05) is 18.5 Å². The number of nitrogens with zero attached hydrogens (tertiary/aromatic N) is 2. The van der Waals surface area contributed by atoms with E-state index >= 15 is 0 Å². The van der Waals surface area contributed by atoms with Crippen LogP contribution in [0.15, 0.2) is 18.2 Å². The third kappa shape index (κ3) is 2.38. The van der Waals surface area contributed by atoms with Crippen molar-refractivity contribution in [1.29, 1.82) is 0 Å². The average molecular weight is 266 g/mol. The van der Waals surface area contributed by atoms with Gasteiger partial charge in [-0.3, -0.25) is 0 Å². The molecule has 1 heterocycles. The summed E-state index contributed by atoms with van der Waals surface area (Å²) in [6.45, 7) is 6.39. The van der Waals surface area contributed by atoms with Crippen molar-refractivity contribution >= 4 is 22.6 Å². The average Bonchev–Trinajstić information content (AvgIpc) is 2.68. The minimum Gasteiger partial charge on any atom is -0.327 e. The van der Waals surface area contributed by atoms with Gasteiger partial charge in [-0.05, 0) is 32.4 Å². The lowest BCUT2D eigenvalue weighted by Crippen LogP contribution is -2.24. The minimum absolute atomic E-state index is 0.151. The van der Waals surface area contributed by atoms with Gasteiger partial charge in [-0.2, -0.15) is 0 Å². The van der Waals surface area contributed by atoms with Crippen LogP contribution in [-0.2, 0) is 6.42 Å². The molecular formula is C14H20ClN3. The Labute approximate surface area is 113 Å². The van der Waals surface area contributed by atoms with E-state index in [1.807, 2.05) is 18.2 Å². The summed E-state index contributed by atoms with van der Waals surface area (Å²) in [5, 5.41) is 0.755. The fourth-order valence-electron chi connectivity index (χ4n) is 2.23. The number of hydrogen-bond donors (Lipinski definition) is 1. The summed E-state index contributed by atoms with van der Waals surface area (Å²) >= 11 is 6.30. The smallest absolute Gasteiger partial charge is 0.111 e. The molecule has 0 amide bonds. The highest BCUT2D eigenvalue weighted by Gasteiger charge is 2.16. The van der Waals surface area contributed by atoms with Gasteiger partial charge in [0.2, 0.25) is 0 Å². The van der Waals surface area contributed by atoms with Crippen molar-refractivity contribution in [3.63, 3.8) is 0 Å². The molecule has 0 aliphatic heterocycles. The second-order valence-electron chi connectivity index (χ2n) is 4.97. The highest BCUT2D eigenvalue weighted by molar-refractivity contribution is 6.35. The SMILES string of the molecule is CCC(N)Cc1nc2cccc(Cl)c2n1C(C)C. The van der Waals surface area contributed by atoms with Crippen LogP contribution in [0.1, 0.15) is 39.1 Å². The number of nitrogens with two attached hydrogens (primary N) is 1. The van der Waals surface area contributed by atoms with Gasteiger partial charge in [-0.15, -0.1) is 0 Å². The van der Waals surface area contributed by atoms with E-state index in [1.54, 1.807) is 0 Å². The van der Waals surface area contributed by atoms with Gasteiger partial charge in [-0.1, -0.05) is 24.6 Å². The van der Waals surface area contributed by atoms with E-state index in [0.29, 0.717) is 6.04 Å². The molecule has 0 radical (unpaired) electrons. The summed E-state index contributed by atoms with van der Waals surface area (Å²) in [7, 11) is 0. The van der Waals surface area contributed by atoms with Crippen LogP contribution in [0, 0.1) is 0 Å². The zero-order chi connectivity index (χ0) is 13.3. The predicted octanol–water partition coefficient (Wildman–Crippen LogP) is 3.55. The lowest BCUT2D eigenvalue weighted by atomic mass is 10.1. The number of hydrogen-bond acceptors (Lipinski definition) is 2. The normalized spacial score (nSPS) is 13.4. The fourth-order valence-corrected chi connectivity index (χ4v) is 2.49. The van der Waals surface area contributed by atoms with E-state index in [4.69, 9.17) is 17.3 Å². The molecule has 0 saturated heterocycles. The van der Waals surface area contributed by atoms with Gasteiger partial charge in [0.05, 0.1) is 16.1 Å². The molecule has 0 aliphatic carbocycles. The lowest BCUT2D eigenvalue weighted by molar-refractivity contribution is 0.547. The number of imidazole rings is 1. The Hall–Kier alpha value is -1.06. The highest BCUT2D eigenvalue weighted by atomic mass is 35.5. The Morgan fingerprint density at radius 3 is 2.72 bits per heavy atom. The molecule has 4 heteroatoms. The Morgan fingerprint density at radius 1 is 1.39 bits per heavy atom. The molecule has 2 N–H and O–H groups in total. The quantitative estimate of drug-likeness (QED) is 0.919. The Morgan fingerprint density at radius 2 is 2.11 bits per heavy atom. The second kappa shape index (κ2) is 5.29. The van der Waals surface area contributed by atoms with Crippen LogP contribution >= 0.6 is 11.6 Å². The van der Waals surface area contributed by atoms with E-state index in [9.17, 15) is 0 Å². The van der Waals surface area contributed by atoms with Gasteiger partial charge in [-0.25, -0.2) is 4.98 Å². The van der Waals surface area contributed by atoms with Crippen LogP contribution in [-0.4, -0.2) is 15.6 Å². The van der Waals surface area contributed by atoms with Gasteiger partial charge in [0.1, 0.15) is 5.82 Å². The number of rotatable bonds is 4. The zero-order valence-electron chi connectivity index (χ0n) is 11.2. The first-order valence-electron chi connectivity index (χ1n) is 6.45. The second-order valence-corrected chi connectivity index (χ2v) is 5.38. The Bertz CT molecular complexity index is 545. The number of fused-ring (bicyclic) bond motifs is 1. The van der Waals surface area contributed by atoms with Crippen LogP contribution in [0.3, 0.4) is 0 Å². The Balaban J connectivity index is 2.59. The largest absolute Gasteiger partial charge is 0.327 e. The summed E-state index contributed by atoms with van der Waals surface area (Å²) in [5.41, 5.74) is 8.02. The molecule has 2 aromatic rings. The van der Waals surface area contributed by atoms with Crippen molar-refractivity contribution in [2.75, 3.05) is 0 Å². The molecule has 0 aliphatic rings. The molecule has 18 heavy (non-hydrogen) atoms. The van der Waals surface area contributed by atoms with Gasteiger partial charge < -0.3 is 10.3 Å². The predicted molar refractivity (Wildman–Crippen MR) is 77.1 cm³/mol. The van der Waals surface area contributed by atoms with Crippen LogP contribution in [0.2, 0.25) is 5.02 Å². The van der Waals surface area contributed by atoms with Crippen LogP contribution in [0.4, 0.5) is 0 Å². The summed E-state index contributed by atoms with van der Waals surface area (Å²) in [5.74, 6) is 1.03. The van der Waals surface area contributed by atoms with Crippen LogP contribution in [0.25, 0.3) is 11.0 Å². The molecule has 1 aromatic heterocycles. The monoisotopic (exact) mass is 265 g/mol. The van der Waals surface area contributed by atoms with E-state index in [0.717, 1.165) is 34.7 Å². The van der Waals surface area contributed by atoms with Crippen molar-refractivity contribution in [1.82, 2.24) is 9.55 Å². The summed E-state index contributed by atoms with van der Waals surface area (Å²) in [4.78, 5) is 4.68. The number of benzene rings is 1. The van der Waals surface area contributed by atoms with E-state index in [2.05, 4.69) is 30.3 Å². The number of para-hydroxylation sites is 1. The first-order valence-corrected chi connectivity index (χ1v) is 6.83. The molecule has 0 bridgehead atoms. The lowest BCUT2D eigenvalue weighted by Gasteiger charge is -2.15. The summed E-state index contributed by atoms with van der Waals surface area (Å²) in [6, 6.07) is 6.33. The number of halogens is 1. The third-order valence-corrected chi connectivity index (χ3v) is 3.52. The topological polar surface area (TPSA) is 43.8 Å². The summed E-state index contributed by atoms with van der Waals surface area (Å²) < 4.78 is 2.20. The Kier molecular flexibility index (Phi) is 3.93. The van der Waals surface area contributed by atoms with E-state index < -0.39 is 0 Å². The zero-order valence-corrected chi connectivity index (χ0v) is 11.9. The minimum atomic E-state index is 0.151. The summed E-state index contributed by atoms with van der Waals surface area (Å²) in [6.07, 6.45) is 1.74. The molecule has 0 fully saturated rings. The molecular weight excluding hydrogens is 246 g/mol. The van der Waals surface area contributed by atoms with Crippen molar-refractivity contribution < 1.29 is 0 Å². The maximum absolute atomic E-state index is 6.30. The first-order chi connectivity index (χ1) is 8.54. The molecule has 3 nitrogen and oxygen atoms in total. The van der Waals surface area contributed by atoms with Crippen LogP contribution in [0.5, 0.6) is 0 Å². The van der Waals surface area contributed by atoms with Gasteiger partial charge in [0.25, 0.3) is 0 Å². The number of aromatic nitrogens is 2. The van der Waals surface area contributed by atoms with E-state index in [-0.39, 0.29) is 6.04 Å². The van der Waals surface area contributed by atoms with Crippen LogP contribution < -0.4 is 5.73 Å². The van der Waals surface area contributed by atoms with Crippen molar-refractivity contribution in [2.24, 2.45) is 5.73 Å². The fraction of sp³-hybridized carbons (Fsp3) is 0.500. The molecule has 0 saturated carbocycles. The van der Waals surface area contributed by atoms with Crippen molar-refractivity contribution in [3.8, 4) is 0 Å². The van der Waals surface area contributed by atoms with Crippen molar-refractivity contribution in [3.05, 3.63) is 29.0 Å². The molecule has 0 spiro atoms. The molecule has 2 rings (SSSR count).